The highest BCUT2D eigenvalue weighted by atomic mass is 32.2. The number of rotatable bonds is 7. The zero-order chi connectivity index (χ0) is 21.1. The molecule has 0 saturated heterocycles. The summed E-state index contributed by atoms with van der Waals surface area (Å²) in [6.45, 7) is 7.78. The van der Waals surface area contributed by atoms with Gasteiger partial charge in [-0.05, 0) is 80.5 Å². The first-order valence-corrected chi connectivity index (χ1v) is 11.7. The molecule has 7 heteroatoms. The maximum absolute atomic E-state index is 12.7. The Balaban J connectivity index is 2.08. The van der Waals surface area contributed by atoms with Crippen molar-refractivity contribution in [1.82, 2.24) is 9.62 Å². The average Bonchev–Trinajstić information content (AvgIpc) is 2.64. The van der Waals surface area contributed by atoms with E-state index in [1.807, 2.05) is 27.0 Å². The first-order chi connectivity index (χ1) is 13.1. The molecular weight excluding hydrogens is 392 g/mol. The van der Waals surface area contributed by atoms with Gasteiger partial charge in [0.1, 0.15) is 0 Å². The molecule has 1 atom stereocenters. The molecule has 0 bridgehead atoms. The Hall–Kier alpha value is -1.83. The van der Waals surface area contributed by atoms with E-state index >= 15 is 0 Å². The van der Waals surface area contributed by atoms with Crippen molar-refractivity contribution in [1.29, 1.82) is 0 Å². The van der Waals surface area contributed by atoms with Crippen LogP contribution >= 0.6 is 11.8 Å². The molecule has 0 aliphatic carbocycles. The van der Waals surface area contributed by atoms with Gasteiger partial charge in [0.2, 0.25) is 15.9 Å². The third-order valence-electron chi connectivity index (χ3n) is 4.86. The number of benzene rings is 2. The molecule has 0 spiro atoms. The van der Waals surface area contributed by atoms with Crippen LogP contribution in [0.15, 0.2) is 46.2 Å². The Morgan fingerprint density at radius 3 is 2.21 bits per heavy atom. The lowest BCUT2D eigenvalue weighted by Gasteiger charge is -2.21. The van der Waals surface area contributed by atoms with E-state index in [0.29, 0.717) is 0 Å². The van der Waals surface area contributed by atoms with Gasteiger partial charge in [0.05, 0.1) is 17.5 Å². The first kappa shape index (κ1) is 22.5. The number of amides is 1. The molecule has 2 rings (SSSR count). The van der Waals surface area contributed by atoms with E-state index in [0.717, 1.165) is 25.9 Å². The highest BCUT2D eigenvalue weighted by Crippen LogP contribution is 2.22. The fourth-order valence-corrected chi connectivity index (χ4v) is 4.56. The molecule has 28 heavy (non-hydrogen) atoms. The van der Waals surface area contributed by atoms with Crippen molar-refractivity contribution in [2.75, 3.05) is 19.8 Å². The second-order valence-electron chi connectivity index (χ2n) is 7.02. The van der Waals surface area contributed by atoms with Crippen molar-refractivity contribution >= 4 is 27.7 Å². The van der Waals surface area contributed by atoms with Crippen molar-refractivity contribution in [3.05, 3.63) is 58.7 Å². The zero-order valence-electron chi connectivity index (χ0n) is 17.2. The van der Waals surface area contributed by atoms with Gasteiger partial charge in [0.25, 0.3) is 0 Å². The average molecular weight is 421 g/mol. The number of aryl methyl sites for hydroxylation is 3. The maximum Gasteiger partial charge on any atom is 0.243 e. The number of hydrogen-bond acceptors (Lipinski definition) is 4. The van der Waals surface area contributed by atoms with Gasteiger partial charge in [-0.25, -0.2) is 8.42 Å². The van der Waals surface area contributed by atoms with Crippen LogP contribution < -0.4 is 5.32 Å². The Kier molecular flexibility index (Phi) is 7.31. The van der Waals surface area contributed by atoms with Crippen molar-refractivity contribution in [3.8, 4) is 0 Å². The minimum absolute atomic E-state index is 0.179. The summed E-state index contributed by atoms with van der Waals surface area (Å²) in [4.78, 5) is 13.6. The number of thioether (sulfide) groups is 1. The Labute approximate surface area is 172 Å². The summed E-state index contributed by atoms with van der Waals surface area (Å²) >= 11 is 1.54. The molecule has 0 aliphatic rings. The second-order valence-corrected chi connectivity index (χ2v) is 9.94. The molecule has 1 N–H and O–H groups in total. The largest absolute Gasteiger partial charge is 0.348 e. The van der Waals surface area contributed by atoms with E-state index in [9.17, 15) is 13.2 Å². The number of carbonyl (C=O) groups is 1. The standard InChI is InChI=1S/C21H28N2O3S2/c1-14-11-16(3)20(12-15(14)2)17(4)22-21(24)13-23(5)28(25,26)19-9-7-18(27-6)8-10-19/h7-12,17H,13H2,1-6H3,(H,22,24)/t17-/m1/s1. The summed E-state index contributed by atoms with van der Waals surface area (Å²) in [5.41, 5.74) is 4.51. The van der Waals surface area contributed by atoms with Crippen LogP contribution in [-0.4, -0.2) is 38.5 Å². The lowest BCUT2D eigenvalue weighted by atomic mass is 9.96. The van der Waals surface area contributed by atoms with E-state index in [1.165, 1.54) is 12.6 Å². The molecule has 5 nitrogen and oxygen atoms in total. The molecule has 0 fully saturated rings. The SMILES string of the molecule is CSc1ccc(S(=O)(=O)N(C)CC(=O)N[C@H](C)c2cc(C)c(C)cc2C)cc1. The van der Waals surface area contributed by atoms with E-state index in [4.69, 9.17) is 0 Å². The summed E-state index contributed by atoms with van der Waals surface area (Å²) in [7, 11) is -2.30. The molecule has 0 radical (unpaired) electrons. The third kappa shape index (κ3) is 5.16. The first-order valence-electron chi connectivity index (χ1n) is 9.03. The normalized spacial score (nSPS) is 12.8. The van der Waals surface area contributed by atoms with Gasteiger partial charge in [-0.15, -0.1) is 11.8 Å². The van der Waals surface area contributed by atoms with Gasteiger partial charge < -0.3 is 5.32 Å². The number of hydrogen-bond donors (Lipinski definition) is 1. The molecule has 1 amide bonds. The Morgan fingerprint density at radius 1 is 1.07 bits per heavy atom. The van der Waals surface area contributed by atoms with Gasteiger partial charge in [0, 0.05) is 11.9 Å². The minimum atomic E-state index is -3.72. The van der Waals surface area contributed by atoms with Gasteiger partial charge in [-0.3, -0.25) is 4.79 Å². The van der Waals surface area contributed by atoms with Crippen LogP contribution in [-0.2, 0) is 14.8 Å². The zero-order valence-corrected chi connectivity index (χ0v) is 18.9. The smallest absolute Gasteiger partial charge is 0.243 e. The summed E-state index contributed by atoms with van der Waals surface area (Å²) in [5.74, 6) is -0.336. The Morgan fingerprint density at radius 2 is 1.64 bits per heavy atom. The summed E-state index contributed by atoms with van der Waals surface area (Å²) in [6, 6.07) is 10.6. The fourth-order valence-electron chi connectivity index (χ4n) is 3.03. The number of sulfonamides is 1. The number of likely N-dealkylation sites (N-methyl/N-ethyl adjacent to an activating group) is 1. The molecule has 152 valence electrons. The monoisotopic (exact) mass is 420 g/mol. The van der Waals surface area contributed by atoms with E-state index < -0.39 is 10.0 Å². The van der Waals surface area contributed by atoms with Crippen LogP contribution in [0.4, 0.5) is 0 Å². The van der Waals surface area contributed by atoms with Crippen LogP contribution in [0.25, 0.3) is 0 Å². The van der Waals surface area contributed by atoms with Crippen LogP contribution in [0, 0.1) is 20.8 Å². The Bertz CT molecular complexity index is 954. The topological polar surface area (TPSA) is 66.5 Å². The number of carbonyl (C=O) groups excluding carboxylic acids is 1. The van der Waals surface area contributed by atoms with Crippen LogP contribution in [0.5, 0.6) is 0 Å². The lowest BCUT2D eigenvalue weighted by Crippen LogP contribution is -2.39. The molecule has 2 aromatic carbocycles. The predicted octanol–water partition coefficient (Wildman–Crippen LogP) is 3.83. The quantitative estimate of drug-likeness (QED) is 0.692. The minimum Gasteiger partial charge on any atom is -0.348 e. The predicted molar refractivity (Wildman–Crippen MR) is 115 cm³/mol. The lowest BCUT2D eigenvalue weighted by molar-refractivity contribution is -0.121. The summed E-state index contributed by atoms with van der Waals surface area (Å²) < 4.78 is 26.5. The molecule has 0 aromatic heterocycles. The van der Waals surface area contributed by atoms with Crippen molar-refractivity contribution in [2.45, 2.75) is 43.5 Å². The second kappa shape index (κ2) is 9.11. The van der Waals surface area contributed by atoms with Gasteiger partial charge in [-0.2, -0.15) is 4.31 Å². The third-order valence-corrected chi connectivity index (χ3v) is 7.42. The fraction of sp³-hybridized carbons (Fsp3) is 0.381. The van der Waals surface area contributed by atoms with Crippen molar-refractivity contribution in [2.24, 2.45) is 0 Å². The molecule has 0 heterocycles. The summed E-state index contributed by atoms with van der Waals surface area (Å²) in [6.07, 6.45) is 1.93. The van der Waals surface area contributed by atoms with Crippen LogP contribution in [0.3, 0.4) is 0 Å². The molecule has 0 saturated carbocycles. The van der Waals surface area contributed by atoms with Crippen molar-refractivity contribution < 1.29 is 13.2 Å². The maximum atomic E-state index is 12.7. The summed E-state index contributed by atoms with van der Waals surface area (Å²) in [5, 5.41) is 2.91. The number of nitrogens with one attached hydrogen (secondary N) is 1. The van der Waals surface area contributed by atoms with E-state index in [1.54, 1.807) is 36.0 Å². The van der Waals surface area contributed by atoms with Crippen LogP contribution in [0.2, 0.25) is 0 Å². The van der Waals surface area contributed by atoms with Gasteiger partial charge in [0.15, 0.2) is 0 Å². The molecule has 0 unspecified atom stereocenters. The highest BCUT2D eigenvalue weighted by molar-refractivity contribution is 7.98. The van der Waals surface area contributed by atoms with Gasteiger partial charge in [-0.1, -0.05) is 12.1 Å². The number of nitrogens with zero attached hydrogens (tertiary/aromatic N) is 1. The van der Waals surface area contributed by atoms with Crippen LogP contribution in [0.1, 0.15) is 35.2 Å². The van der Waals surface area contributed by atoms with E-state index in [-0.39, 0.29) is 23.4 Å². The van der Waals surface area contributed by atoms with Gasteiger partial charge >= 0.3 is 0 Å². The van der Waals surface area contributed by atoms with E-state index in [2.05, 4.69) is 24.4 Å². The molecular formula is C21H28N2O3S2. The molecule has 2 aromatic rings. The highest BCUT2D eigenvalue weighted by Gasteiger charge is 2.24. The molecule has 0 aliphatic heterocycles. The van der Waals surface area contributed by atoms with Crippen molar-refractivity contribution in [3.63, 3.8) is 0 Å².